The number of carbonyl (C=O) groups excluding carboxylic acids is 1. The lowest BCUT2D eigenvalue weighted by Crippen LogP contribution is -2.48. The van der Waals surface area contributed by atoms with E-state index in [0.29, 0.717) is 17.8 Å². The van der Waals surface area contributed by atoms with E-state index in [1.54, 1.807) is 24.3 Å². The van der Waals surface area contributed by atoms with Crippen LogP contribution in [0.25, 0.3) is 0 Å². The molecule has 2 saturated heterocycles. The fraction of sp³-hybridized carbons (Fsp3) is 0.588. The molecule has 0 aromatic heterocycles. The number of sulfonamides is 1. The van der Waals surface area contributed by atoms with E-state index in [0.717, 1.165) is 45.6 Å². The second-order valence-corrected chi connectivity index (χ2v) is 8.38. The number of amides is 1. The van der Waals surface area contributed by atoms with E-state index in [-0.39, 0.29) is 11.7 Å². The van der Waals surface area contributed by atoms with E-state index in [1.807, 2.05) is 4.90 Å². The zero-order valence-corrected chi connectivity index (χ0v) is 15.0. The summed E-state index contributed by atoms with van der Waals surface area (Å²) in [6, 6.07) is 6.98. The van der Waals surface area contributed by atoms with Gasteiger partial charge in [0.05, 0.1) is 11.4 Å². The van der Waals surface area contributed by atoms with Gasteiger partial charge >= 0.3 is 0 Å². The van der Waals surface area contributed by atoms with E-state index < -0.39 is 10.0 Å². The number of carbonyl (C=O) groups is 1. The number of nitrogens with zero attached hydrogens (tertiary/aromatic N) is 3. The molecule has 2 heterocycles. The van der Waals surface area contributed by atoms with Gasteiger partial charge in [0.2, 0.25) is 10.0 Å². The quantitative estimate of drug-likeness (QED) is 0.826. The van der Waals surface area contributed by atoms with Crippen LogP contribution in [0.4, 0.5) is 5.69 Å². The van der Waals surface area contributed by atoms with Crippen LogP contribution in [0.5, 0.6) is 0 Å². The molecule has 0 aliphatic carbocycles. The Hall–Kier alpha value is -1.60. The van der Waals surface area contributed by atoms with Gasteiger partial charge in [-0.25, -0.2) is 8.42 Å². The van der Waals surface area contributed by atoms with Crippen molar-refractivity contribution in [3.8, 4) is 0 Å². The van der Waals surface area contributed by atoms with Crippen molar-refractivity contribution in [2.45, 2.75) is 19.8 Å². The molecular weight excluding hydrogens is 326 g/mol. The molecule has 3 rings (SSSR count). The minimum Gasteiger partial charge on any atom is -0.336 e. The number of anilines is 1. The molecule has 2 fully saturated rings. The van der Waals surface area contributed by atoms with Crippen molar-refractivity contribution in [2.75, 3.05) is 49.3 Å². The lowest BCUT2D eigenvalue weighted by molar-refractivity contribution is 0.0643. The largest absolute Gasteiger partial charge is 0.336 e. The second kappa shape index (κ2) is 7.11. The smallest absolute Gasteiger partial charge is 0.253 e. The number of hydrogen-bond acceptors (Lipinski definition) is 4. The van der Waals surface area contributed by atoms with E-state index in [2.05, 4.69) is 11.8 Å². The normalized spacial score (nSPS) is 21.7. The predicted octanol–water partition coefficient (Wildman–Crippen LogP) is 1.39. The molecule has 6 nitrogen and oxygen atoms in total. The maximum atomic E-state index is 12.6. The number of benzene rings is 1. The topological polar surface area (TPSA) is 60.9 Å². The molecule has 0 unspecified atom stereocenters. The van der Waals surface area contributed by atoms with Gasteiger partial charge in [-0.2, -0.15) is 0 Å². The van der Waals surface area contributed by atoms with Gasteiger partial charge in [0.1, 0.15) is 0 Å². The van der Waals surface area contributed by atoms with Crippen molar-refractivity contribution in [2.24, 2.45) is 0 Å². The second-order valence-electron chi connectivity index (χ2n) is 6.37. The Kier molecular flexibility index (Phi) is 5.10. The first-order valence-corrected chi connectivity index (χ1v) is 10.2. The zero-order chi connectivity index (χ0) is 17.2. The summed E-state index contributed by atoms with van der Waals surface area (Å²) >= 11 is 0. The van der Waals surface area contributed by atoms with Gasteiger partial charge in [-0.3, -0.25) is 9.10 Å². The van der Waals surface area contributed by atoms with Gasteiger partial charge in [-0.15, -0.1) is 0 Å². The van der Waals surface area contributed by atoms with Gasteiger partial charge in [-0.05, 0) is 43.7 Å². The Morgan fingerprint density at radius 2 is 1.67 bits per heavy atom. The van der Waals surface area contributed by atoms with Crippen LogP contribution in [0.3, 0.4) is 0 Å². The predicted molar refractivity (Wildman–Crippen MR) is 94.8 cm³/mol. The minimum absolute atomic E-state index is 0.0267. The van der Waals surface area contributed by atoms with Crippen molar-refractivity contribution >= 4 is 21.6 Å². The first-order chi connectivity index (χ1) is 11.5. The Labute approximate surface area is 144 Å². The van der Waals surface area contributed by atoms with Crippen molar-refractivity contribution in [1.82, 2.24) is 9.80 Å². The van der Waals surface area contributed by atoms with Crippen LogP contribution in [0.15, 0.2) is 24.3 Å². The molecule has 7 heteroatoms. The van der Waals surface area contributed by atoms with Gasteiger partial charge in [0.25, 0.3) is 5.91 Å². The molecule has 2 aliphatic rings. The molecule has 1 aromatic rings. The van der Waals surface area contributed by atoms with Crippen molar-refractivity contribution in [1.29, 1.82) is 0 Å². The summed E-state index contributed by atoms with van der Waals surface area (Å²) in [5.74, 6) is 0.230. The Morgan fingerprint density at radius 1 is 1.00 bits per heavy atom. The average Bonchev–Trinajstić information content (AvgIpc) is 2.61. The zero-order valence-electron chi connectivity index (χ0n) is 14.1. The number of likely N-dealkylation sites (N-methyl/N-ethyl adjacent to an activating group) is 1. The molecule has 0 bridgehead atoms. The lowest BCUT2D eigenvalue weighted by atomic mass is 10.1. The summed E-state index contributed by atoms with van der Waals surface area (Å²) in [5, 5.41) is 0. The summed E-state index contributed by atoms with van der Waals surface area (Å²) < 4.78 is 25.8. The van der Waals surface area contributed by atoms with Crippen molar-refractivity contribution < 1.29 is 13.2 Å². The summed E-state index contributed by atoms with van der Waals surface area (Å²) in [7, 11) is -3.21. The summed E-state index contributed by atoms with van der Waals surface area (Å²) in [5.41, 5.74) is 1.28. The summed E-state index contributed by atoms with van der Waals surface area (Å²) in [4.78, 5) is 16.8. The van der Waals surface area contributed by atoms with Crippen LogP contribution in [-0.4, -0.2) is 69.1 Å². The molecule has 132 valence electrons. The molecule has 0 spiro atoms. The molecule has 1 amide bonds. The Morgan fingerprint density at radius 3 is 2.25 bits per heavy atom. The Balaban J connectivity index is 1.69. The SMILES string of the molecule is CCN1CCN(C(=O)c2ccc(N3CCCCS3(=O)=O)cc2)CC1. The first-order valence-electron chi connectivity index (χ1n) is 8.63. The summed E-state index contributed by atoms with van der Waals surface area (Å²) in [6.07, 6.45) is 1.60. The lowest BCUT2D eigenvalue weighted by Gasteiger charge is -2.34. The van der Waals surface area contributed by atoms with Gasteiger partial charge in [0, 0.05) is 38.3 Å². The highest BCUT2D eigenvalue weighted by Crippen LogP contribution is 2.24. The summed E-state index contributed by atoms with van der Waals surface area (Å²) in [6.45, 7) is 6.98. The molecule has 0 radical (unpaired) electrons. The maximum absolute atomic E-state index is 12.6. The molecule has 2 aliphatic heterocycles. The third-order valence-electron chi connectivity index (χ3n) is 4.86. The van der Waals surface area contributed by atoms with Crippen molar-refractivity contribution in [3.05, 3.63) is 29.8 Å². The van der Waals surface area contributed by atoms with Crippen molar-refractivity contribution in [3.63, 3.8) is 0 Å². The minimum atomic E-state index is -3.21. The fourth-order valence-corrected chi connectivity index (χ4v) is 4.94. The fourth-order valence-electron chi connectivity index (χ4n) is 3.30. The average molecular weight is 351 g/mol. The highest BCUT2D eigenvalue weighted by atomic mass is 32.2. The van der Waals surface area contributed by atoms with E-state index in [1.165, 1.54) is 4.31 Å². The van der Waals surface area contributed by atoms with Gasteiger partial charge in [0.15, 0.2) is 0 Å². The number of hydrogen-bond donors (Lipinski definition) is 0. The van der Waals surface area contributed by atoms with Crippen LogP contribution in [-0.2, 0) is 10.0 Å². The maximum Gasteiger partial charge on any atom is 0.253 e. The third-order valence-corrected chi connectivity index (χ3v) is 6.73. The van der Waals surface area contributed by atoms with Crippen LogP contribution in [0.2, 0.25) is 0 Å². The Bertz CT molecular complexity index is 680. The van der Waals surface area contributed by atoms with Gasteiger partial charge in [-0.1, -0.05) is 6.92 Å². The molecule has 0 saturated carbocycles. The van der Waals surface area contributed by atoms with Crippen LogP contribution >= 0.6 is 0 Å². The van der Waals surface area contributed by atoms with Crippen LogP contribution in [0, 0.1) is 0 Å². The first kappa shape index (κ1) is 17.2. The number of rotatable bonds is 3. The third kappa shape index (κ3) is 3.57. The van der Waals surface area contributed by atoms with Crippen LogP contribution < -0.4 is 4.31 Å². The molecule has 0 atom stereocenters. The standard InChI is InChI=1S/C17H25N3O3S/c1-2-18-10-12-19(13-11-18)17(21)15-5-7-16(8-6-15)20-9-3-4-14-24(20,22)23/h5-8H,2-4,9-14H2,1H3. The monoisotopic (exact) mass is 351 g/mol. The van der Waals surface area contributed by atoms with E-state index in [4.69, 9.17) is 0 Å². The molecule has 24 heavy (non-hydrogen) atoms. The number of piperazine rings is 1. The van der Waals surface area contributed by atoms with Gasteiger partial charge < -0.3 is 9.80 Å². The molecule has 0 N–H and O–H groups in total. The highest BCUT2D eigenvalue weighted by molar-refractivity contribution is 7.92. The van der Waals surface area contributed by atoms with E-state index in [9.17, 15) is 13.2 Å². The molecule has 1 aromatic carbocycles. The molecular formula is C17H25N3O3S. The van der Waals surface area contributed by atoms with Crippen LogP contribution in [0.1, 0.15) is 30.1 Å². The highest BCUT2D eigenvalue weighted by Gasteiger charge is 2.26. The van der Waals surface area contributed by atoms with E-state index >= 15 is 0 Å².